The topological polar surface area (TPSA) is 93.0 Å². The number of ether oxygens (including phenoxy) is 1. The summed E-state index contributed by atoms with van der Waals surface area (Å²) < 4.78 is 18.2. The smallest absolute Gasteiger partial charge is 0.261 e. The highest BCUT2D eigenvalue weighted by molar-refractivity contribution is 6.07. The van der Waals surface area contributed by atoms with Crippen LogP contribution in [0.3, 0.4) is 0 Å². The van der Waals surface area contributed by atoms with E-state index in [2.05, 4.69) is 15.5 Å². The third-order valence-electron chi connectivity index (χ3n) is 2.32. The molecule has 0 saturated carbocycles. The van der Waals surface area contributed by atoms with Crippen LogP contribution < -0.4 is 15.8 Å². The molecular formula is C11H11FN4O2. The number of hydrogen-bond donors (Lipinski definition) is 3. The summed E-state index contributed by atoms with van der Waals surface area (Å²) in [6.07, 6.45) is 1.30. The number of nitrogens with zero attached hydrogens (tertiary/aromatic N) is 1. The molecule has 1 heterocycles. The highest BCUT2D eigenvalue weighted by atomic mass is 19.1. The van der Waals surface area contributed by atoms with E-state index < -0.39 is 11.7 Å². The predicted molar refractivity (Wildman–Crippen MR) is 63.9 cm³/mol. The summed E-state index contributed by atoms with van der Waals surface area (Å²) in [6.45, 7) is 0. The van der Waals surface area contributed by atoms with Crippen LogP contribution in [0.5, 0.6) is 5.75 Å². The van der Waals surface area contributed by atoms with E-state index in [1.54, 1.807) is 0 Å². The average molecular weight is 250 g/mol. The minimum atomic E-state index is -0.560. The standard InChI is InChI=1S/C11H11FN4O2/c1-18-9-3-2-6(4-8(9)12)15-11(17)7-5-14-16-10(7)13/h2-5H,1H3,(H,15,17)(H3,13,14,16). The van der Waals surface area contributed by atoms with Crippen LogP contribution in [-0.4, -0.2) is 23.2 Å². The molecular weight excluding hydrogens is 239 g/mol. The van der Waals surface area contributed by atoms with Gasteiger partial charge in [-0.05, 0) is 12.1 Å². The van der Waals surface area contributed by atoms with Crippen molar-refractivity contribution < 1.29 is 13.9 Å². The fourth-order valence-corrected chi connectivity index (χ4v) is 1.42. The van der Waals surface area contributed by atoms with Gasteiger partial charge in [0, 0.05) is 11.8 Å². The minimum absolute atomic E-state index is 0.107. The van der Waals surface area contributed by atoms with Gasteiger partial charge in [-0.1, -0.05) is 0 Å². The summed E-state index contributed by atoms with van der Waals surface area (Å²) in [5.41, 5.74) is 6.00. The van der Waals surface area contributed by atoms with E-state index in [4.69, 9.17) is 10.5 Å². The number of carbonyl (C=O) groups excluding carboxylic acids is 1. The number of nitrogens with one attached hydrogen (secondary N) is 2. The maximum Gasteiger partial charge on any atom is 0.261 e. The number of anilines is 2. The number of carbonyl (C=O) groups is 1. The van der Waals surface area contributed by atoms with Crippen molar-refractivity contribution in [3.05, 3.63) is 35.8 Å². The Labute approximate surface area is 102 Å². The minimum Gasteiger partial charge on any atom is -0.494 e. The van der Waals surface area contributed by atoms with E-state index in [1.165, 1.54) is 25.4 Å². The molecule has 0 radical (unpaired) electrons. The molecule has 0 spiro atoms. The lowest BCUT2D eigenvalue weighted by molar-refractivity contribution is 0.102. The largest absolute Gasteiger partial charge is 0.494 e. The Bertz CT molecular complexity index is 582. The van der Waals surface area contributed by atoms with Gasteiger partial charge in [0.1, 0.15) is 11.4 Å². The highest BCUT2D eigenvalue weighted by Crippen LogP contribution is 2.21. The van der Waals surface area contributed by atoms with Gasteiger partial charge >= 0.3 is 0 Å². The van der Waals surface area contributed by atoms with Crippen LogP contribution in [0.25, 0.3) is 0 Å². The summed E-state index contributed by atoms with van der Waals surface area (Å²) in [7, 11) is 1.36. The molecule has 18 heavy (non-hydrogen) atoms. The number of nitrogens with two attached hydrogens (primary N) is 1. The van der Waals surface area contributed by atoms with E-state index >= 15 is 0 Å². The molecule has 0 aliphatic carbocycles. The second-order valence-electron chi connectivity index (χ2n) is 3.50. The zero-order valence-electron chi connectivity index (χ0n) is 9.53. The Hall–Kier alpha value is -2.57. The van der Waals surface area contributed by atoms with Crippen molar-refractivity contribution in [2.45, 2.75) is 0 Å². The van der Waals surface area contributed by atoms with E-state index in [9.17, 15) is 9.18 Å². The zero-order chi connectivity index (χ0) is 13.1. The lowest BCUT2D eigenvalue weighted by atomic mass is 10.2. The third kappa shape index (κ3) is 2.24. The van der Waals surface area contributed by atoms with Gasteiger partial charge in [-0.2, -0.15) is 5.10 Å². The van der Waals surface area contributed by atoms with Crippen molar-refractivity contribution >= 4 is 17.4 Å². The van der Waals surface area contributed by atoms with E-state index in [-0.39, 0.29) is 17.1 Å². The van der Waals surface area contributed by atoms with Gasteiger partial charge in [0.25, 0.3) is 5.91 Å². The quantitative estimate of drug-likeness (QED) is 0.767. The maximum atomic E-state index is 13.4. The first-order valence-electron chi connectivity index (χ1n) is 5.05. The number of nitrogen functional groups attached to an aromatic ring is 1. The fourth-order valence-electron chi connectivity index (χ4n) is 1.42. The van der Waals surface area contributed by atoms with Gasteiger partial charge in [-0.25, -0.2) is 4.39 Å². The summed E-state index contributed by atoms with van der Waals surface area (Å²) in [4.78, 5) is 11.8. The normalized spacial score (nSPS) is 10.1. The van der Waals surface area contributed by atoms with Crippen LogP contribution in [0.2, 0.25) is 0 Å². The predicted octanol–water partition coefficient (Wildman–Crippen LogP) is 1.39. The number of aromatic amines is 1. The number of halogens is 1. The van der Waals surface area contributed by atoms with Gasteiger partial charge in [0.15, 0.2) is 11.6 Å². The van der Waals surface area contributed by atoms with Crippen LogP contribution in [0.4, 0.5) is 15.9 Å². The van der Waals surface area contributed by atoms with Crippen molar-refractivity contribution in [2.75, 3.05) is 18.2 Å². The SMILES string of the molecule is COc1ccc(NC(=O)c2cn[nH]c2N)cc1F. The molecule has 94 valence electrons. The molecule has 1 aromatic carbocycles. The Balaban J connectivity index is 2.17. The van der Waals surface area contributed by atoms with Crippen LogP contribution in [-0.2, 0) is 0 Å². The molecule has 4 N–H and O–H groups in total. The molecule has 0 saturated heterocycles. The Kier molecular flexibility index (Phi) is 3.13. The van der Waals surface area contributed by atoms with Crippen molar-refractivity contribution in [2.24, 2.45) is 0 Å². The van der Waals surface area contributed by atoms with E-state index in [0.717, 1.165) is 6.07 Å². The summed E-state index contributed by atoms with van der Waals surface area (Å²) in [5.74, 6) is -0.765. The van der Waals surface area contributed by atoms with Crippen LogP contribution in [0.15, 0.2) is 24.4 Å². The van der Waals surface area contributed by atoms with Crippen molar-refractivity contribution in [3.63, 3.8) is 0 Å². The molecule has 2 aromatic rings. The molecule has 0 atom stereocenters. The number of H-pyrrole nitrogens is 1. The average Bonchev–Trinajstić information content (AvgIpc) is 2.76. The monoisotopic (exact) mass is 250 g/mol. The second kappa shape index (κ2) is 4.74. The molecule has 0 aliphatic heterocycles. The molecule has 6 nitrogen and oxygen atoms in total. The Morgan fingerprint density at radius 3 is 2.89 bits per heavy atom. The summed E-state index contributed by atoms with van der Waals surface area (Å²) in [6, 6.07) is 4.10. The van der Waals surface area contributed by atoms with Crippen molar-refractivity contribution in [1.82, 2.24) is 10.2 Å². The van der Waals surface area contributed by atoms with E-state index in [0.29, 0.717) is 5.69 Å². The zero-order valence-corrected chi connectivity index (χ0v) is 9.53. The third-order valence-corrected chi connectivity index (χ3v) is 2.32. The number of rotatable bonds is 3. The molecule has 0 fully saturated rings. The number of benzene rings is 1. The molecule has 2 rings (SSSR count). The first-order valence-corrected chi connectivity index (χ1v) is 5.05. The lowest BCUT2D eigenvalue weighted by Crippen LogP contribution is -2.13. The van der Waals surface area contributed by atoms with Crippen LogP contribution in [0.1, 0.15) is 10.4 Å². The van der Waals surface area contributed by atoms with E-state index in [1.807, 2.05) is 0 Å². The lowest BCUT2D eigenvalue weighted by Gasteiger charge is -2.06. The number of amides is 1. The fraction of sp³-hybridized carbons (Fsp3) is 0.0909. The van der Waals surface area contributed by atoms with Crippen molar-refractivity contribution in [1.29, 1.82) is 0 Å². The van der Waals surface area contributed by atoms with Gasteiger partial charge in [-0.3, -0.25) is 9.89 Å². The maximum absolute atomic E-state index is 13.4. The molecule has 7 heteroatoms. The first kappa shape index (κ1) is 11.9. The van der Waals surface area contributed by atoms with Gasteiger partial charge in [0.2, 0.25) is 0 Å². The van der Waals surface area contributed by atoms with Crippen LogP contribution >= 0.6 is 0 Å². The van der Waals surface area contributed by atoms with Gasteiger partial charge in [0.05, 0.1) is 13.3 Å². The Morgan fingerprint density at radius 2 is 2.33 bits per heavy atom. The molecule has 0 unspecified atom stereocenters. The first-order chi connectivity index (χ1) is 8.61. The molecule has 1 amide bonds. The summed E-state index contributed by atoms with van der Waals surface area (Å²) in [5, 5.41) is 8.57. The highest BCUT2D eigenvalue weighted by Gasteiger charge is 2.12. The van der Waals surface area contributed by atoms with Gasteiger partial charge in [-0.15, -0.1) is 0 Å². The molecule has 0 aliphatic rings. The number of aromatic nitrogens is 2. The van der Waals surface area contributed by atoms with Crippen LogP contribution in [0, 0.1) is 5.82 Å². The van der Waals surface area contributed by atoms with Gasteiger partial charge < -0.3 is 15.8 Å². The Morgan fingerprint density at radius 1 is 1.56 bits per heavy atom. The second-order valence-corrected chi connectivity index (χ2v) is 3.50. The molecule has 1 aromatic heterocycles. The number of hydrogen-bond acceptors (Lipinski definition) is 4. The summed E-state index contributed by atoms with van der Waals surface area (Å²) >= 11 is 0. The van der Waals surface area contributed by atoms with Crippen molar-refractivity contribution in [3.8, 4) is 5.75 Å². The number of methoxy groups -OCH3 is 1. The molecule has 0 bridgehead atoms.